The summed E-state index contributed by atoms with van der Waals surface area (Å²) >= 11 is 0. The van der Waals surface area contributed by atoms with Crippen molar-refractivity contribution in [3.8, 4) is 5.75 Å². The Labute approximate surface area is 86.8 Å². The Morgan fingerprint density at radius 2 is 1.80 bits per heavy atom. The lowest BCUT2D eigenvalue weighted by Crippen LogP contribution is -2.04. The van der Waals surface area contributed by atoms with Crippen LogP contribution in [0.4, 0.5) is 0 Å². The lowest BCUT2D eigenvalue weighted by atomic mass is 10.2. The molecule has 1 N–H and O–H groups in total. The Morgan fingerprint density at radius 3 is 2.33 bits per heavy atom. The predicted octanol–water partition coefficient (Wildman–Crippen LogP) is 1.54. The van der Waals surface area contributed by atoms with Gasteiger partial charge in [-0.1, -0.05) is 17.7 Å². The first-order valence-electron chi connectivity index (χ1n) is 4.27. The number of ether oxygens (including phenoxy) is 1. The molecule has 78 valence electrons. The first-order chi connectivity index (χ1) is 7.08. The molecule has 1 aromatic carbocycles. The minimum absolute atomic E-state index is 0.389. The Bertz CT molecular complexity index is 390. The van der Waals surface area contributed by atoms with Gasteiger partial charge in [0, 0.05) is 12.2 Å². The van der Waals surface area contributed by atoms with Crippen molar-refractivity contribution < 1.29 is 19.4 Å². The van der Waals surface area contributed by atoms with Crippen LogP contribution in [0.3, 0.4) is 0 Å². The molecule has 0 aliphatic heterocycles. The smallest absolute Gasteiger partial charge is 0.336 e. The highest BCUT2D eigenvalue weighted by atomic mass is 16.5. The highest BCUT2D eigenvalue weighted by Crippen LogP contribution is 2.11. The van der Waals surface area contributed by atoms with Crippen LogP contribution in [-0.2, 0) is 9.59 Å². The first kappa shape index (κ1) is 11.0. The van der Waals surface area contributed by atoms with E-state index in [0.29, 0.717) is 5.75 Å². The molecule has 0 heterocycles. The summed E-state index contributed by atoms with van der Waals surface area (Å²) in [6.45, 7) is 1.91. The second-order valence-electron chi connectivity index (χ2n) is 2.91. The molecule has 1 rings (SSSR count). The zero-order chi connectivity index (χ0) is 11.3. The van der Waals surface area contributed by atoms with Crippen molar-refractivity contribution >= 4 is 11.9 Å². The number of esters is 1. The lowest BCUT2D eigenvalue weighted by Gasteiger charge is -2.00. The average molecular weight is 206 g/mol. The molecule has 0 aliphatic carbocycles. The molecule has 15 heavy (non-hydrogen) atoms. The van der Waals surface area contributed by atoms with E-state index in [-0.39, 0.29) is 0 Å². The van der Waals surface area contributed by atoms with Gasteiger partial charge in [0.1, 0.15) is 5.75 Å². The zero-order valence-electron chi connectivity index (χ0n) is 8.14. The Morgan fingerprint density at radius 1 is 1.20 bits per heavy atom. The van der Waals surface area contributed by atoms with Gasteiger partial charge in [0.2, 0.25) is 0 Å². The third-order valence-electron chi connectivity index (χ3n) is 1.60. The van der Waals surface area contributed by atoms with E-state index in [4.69, 9.17) is 9.84 Å². The minimum Gasteiger partial charge on any atom is -0.478 e. The largest absolute Gasteiger partial charge is 0.478 e. The van der Waals surface area contributed by atoms with Gasteiger partial charge in [-0.3, -0.25) is 0 Å². The van der Waals surface area contributed by atoms with Crippen molar-refractivity contribution in [1.29, 1.82) is 0 Å². The van der Waals surface area contributed by atoms with Crippen molar-refractivity contribution in [2.24, 2.45) is 0 Å². The molecule has 0 spiro atoms. The monoisotopic (exact) mass is 206 g/mol. The number of aliphatic carboxylic acids is 1. The highest BCUT2D eigenvalue weighted by Gasteiger charge is 2.00. The standard InChI is InChI=1S/C11H10O4/c1-8-2-4-9(5-3-8)15-11(14)7-6-10(12)13/h2-7H,1H3,(H,12,13). The van der Waals surface area contributed by atoms with Crippen LogP contribution in [0.2, 0.25) is 0 Å². The van der Waals surface area contributed by atoms with Crippen LogP contribution < -0.4 is 4.74 Å². The van der Waals surface area contributed by atoms with E-state index < -0.39 is 11.9 Å². The van der Waals surface area contributed by atoms with Crippen molar-refractivity contribution in [2.75, 3.05) is 0 Å². The summed E-state index contributed by atoms with van der Waals surface area (Å²) in [5, 5.41) is 8.27. The lowest BCUT2D eigenvalue weighted by molar-refractivity contribution is -0.133. The molecule has 0 bridgehead atoms. The van der Waals surface area contributed by atoms with Gasteiger partial charge < -0.3 is 9.84 Å². The van der Waals surface area contributed by atoms with Crippen molar-refractivity contribution in [3.63, 3.8) is 0 Å². The van der Waals surface area contributed by atoms with Crippen LogP contribution in [-0.4, -0.2) is 17.0 Å². The molecule has 0 atom stereocenters. The third kappa shape index (κ3) is 4.08. The Hall–Kier alpha value is -2.10. The summed E-state index contributed by atoms with van der Waals surface area (Å²) in [6.07, 6.45) is 1.60. The van der Waals surface area contributed by atoms with E-state index in [1.54, 1.807) is 24.3 Å². The second-order valence-corrected chi connectivity index (χ2v) is 2.91. The van der Waals surface area contributed by atoms with Crippen LogP contribution in [0, 0.1) is 6.92 Å². The molecule has 4 heteroatoms. The van der Waals surface area contributed by atoms with E-state index in [1.807, 2.05) is 6.92 Å². The number of aryl methyl sites for hydroxylation is 1. The molecule has 1 aromatic rings. The molecule has 0 aliphatic rings. The number of hydrogen-bond donors (Lipinski definition) is 1. The third-order valence-corrected chi connectivity index (χ3v) is 1.60. The van der Waals surface area contributed by atoms with Gasteiger partial charge in [0.25, 0.3) is 0 Å². The first-order valence-corrected chi connectivity index (χ1v) is 4.27. The van der Waals surface area contributed by atoms with E-state index in [1.165, 1.54) is 0 Å². The molecule has 0 unspecified atom stereocenters. The molecule has 4 nitrogen and oxygen atoms in total. The maximum Gasteiger partial charge on any atom is 0.336 e. The Kier molecular flexibility index (Phi) is 3.62. The fourth-order valence-corrected chi connectivity index (χ4v) is 0.896. The number of benzene rings is 1. The van der Waals surface area contributed by atoms with Gasteiger partial charge in [-0.2, -0.15) is 0 Å². The summed E-state index contributed by atoms with van der Waals surface area (Å²) in [5.74, 6) is -1.50. The molecule has 0 radical (unpaired) electrons. The van der Waals surface area contributed by atoms with E-state index in [9.17, 15) is 9.59 Å². The fourth-order valence-electron chi connectivity index (χ4n) is 0.896. The molecule has 0 saturated heterocycles. The topological polar surface area (TPSA) is 63.6 Å². The van der Waals surface area contributed by atoms with Crippen molar-refractivity contribution in [3.05, 3.63) is 42.0 Å². The minimum atomic E-state index is -1.18. The van der Waals surface area contributed by atoms with Crippen molar-refractivity contribution in [2.45, 2.75) is 6.92 Å². The maximum atomic E-state index is 11.0. The summed E-state index contributed by atoms with van der Waals surface area (Å²) < 4.78 is 4.83. The summed E-state index contributed by atoms with van der Waals surface area (Å²) in [7, 11) is 0. The van der Waals surface area contributed by atoms with Crippen LogP contribution in [0.5, 0.6) is 5.75 Å². The van der Waals surface area contributed by atoms with Gasteiger partial charge in [-0.05, 0) is 19.1 Å². The Balaban J connectivity index is 2.59. The maximum absolute atomic E-state index is 11.0. The molecule has 0 saturated carbocycles. The zero-order valence-corrected chi connectivity index (χ0v) is 8.14. The number of hydrogen-bond acceptors (Lipinski definition) is 3. The predicted molar refractivity (Wildman–Crippen MR) is 53.6 cm³/mol. The molecular formula is C11H10O4. The summed E-state index contributed by atoms with van der Waals surface area (Å²) in [5.41, 5.74) is 1.05. The van der Waals surface area contributed by atoms with E-state index in [2.05, 4.69) is 0 Å². The fraction of sp³-hybridized carbons (Fsp3) is 0.0909. The van der Waals surface area contributed by atoms with Crippen LogP contribution in [0.1, 0.15) is 5.56 Å². The van der Waals surface area contributed by atoms with Crippen LogP contribution in [0.25, 0.3) is 0 Å². The highest BCUT2D eigenvalue weighted by molar-refractivity contribution is 5.91. The quantitative estimate of drug-likeness (QED) is 0.463. The average Bonchev–Trinajstić information content (AvgIpc) is 2.19. The van der Waals surface area contributed by atoms with Gasteiger partial charge in [0.05, 0.1) is 0 Å². The number of carboxylic acids is 1. The van der Waals surface area contributed by atoms with Gasteiger partial charge in [-0.15, -0.1) is 0 Å². The number of rotatable bonds is 3. The number of carboxylic acid groups (broad SMARTS) is 1. The molecule has 0 fully saturated rings. The SMILES string of the molecule is Cc1ccc(OC(=O)C=CC(=O)O)cc1. The van der Waals surface area contributed by atoms with Gasteiger partial charge in [-0.25, -0.2) is 9.59 Å². The number of carbonyl (C=O) groups is 2. The normalized spacial score (nSPS) is 10.2. The van der Waals surface area contributed by atoms with Gasteiger partial charge in [0.15, 0.2) is 0 Å². The molecular weight excluding hydrogens is 196 g/mol. The molecule has 0 aromatic heterocycles. The van der Waals surface area contributed by atoms with Crippen molar-refractivity contribution in [1.82, 2.24) is 0 Å². The van der Waals surface area contributed by atoms with Crippen LogP contribution in [0.15, 0.2) is 36.4 Å². The van der Waals surface area contributed by atoms with Crippen LogP contribution >= 0.6 is 0 Å². The van der Waals surface area contributed by atoms with E-state index >= 15 is 0 Å². The molecule has 0 amide bonds. The summed E-state index contributed by atoms with van der Waals surface area (Å²) in [6, 6.07) is 6.87. The second kappa shape index (κ2) is 4.95. The van der Waals surface area contributed by atoms with Gasteiger partial charge >= 0.3 is 11.9 Å². The number of carbonyl (C=O) groups excluding carboxylic acids is 1. The van der Waals surface area contributed by atoms with E-state index in [0.717, 1.165) is 17.7 Å². The summed E-state index contributed by atoms with van der Waals surface area (Å²) in [4.78, 5) is 21.1.